The van der Waals surface area contributed by atoms with Crippen LogP contribution in [-0.2, 0) is 0 Å². The summed E-state index contributed by atoms with van der Waals surface area (Å²) in [7, 11) is 0. The van der Waals surface area contributed by atoms with Crippen LogP contribution in [-0.4, -0.2) is 23.1 Å². The molecule has 0 saturated carbocycles. The number of carboxylic acid groups (broad SMARTS) is 1. The second-order valence-electron chi connectivity index (χ2n) is 4.91. The Balaban J connectivity index is 2.01. The van der Waals surface area contributed by atoms with Gasteiger partial charge in [-0.1, -0.05) is 18.2 Å². The molecule has 1 aromatic rings. The van der Waals surface area contributed by atoms with Crippen molar-refractivity contribution in [2.75, 3.05) is 5.32 Å². The van der Waals surface area contributed by atoms with Crippen LogP contribution in [0.15, 0.2) is 30.4 Å². The van der Waals surface area contributed by atoms with Crippen LogP contribution in [0.1, 0.15) is 35.2 Å². The normalized spacial score (nSPS) is 17.6. The fourth-order valence-corrected chi connectivity index (χ4v) is 2.16. The summed E-state index contributed by atoms with van der Waals surface area (Å²) in [5.74, 6) is -1.01. The van der Waals surface area contributed by atoms with E-state index in [1.54, 1.807) is 6.07 Å². The fraction of sp³-hybridized carbons (Fsp3) is 0.333. The molecule has 0 bridgehead atoms. The van der Waals surface area contributed by atoms with E-state index in [4.69, 9.17) is 5.11 Å². The number of carbonyl (C=O) groups is 2. The molecule has 106 valence electrons. The smallest absolute Gasteiger partial charge is 0.335 e. The van der Waals surface area contributed by atoms with Crippen LogP contribution >= 0.6 is 0 Å². The summed E-state index contributed by atoms with van der Waals surface area (Å²) in [6.07, 6.45) is 6.90. The number of allylic oxidation sites excluding steroid dienone is 1. The molecular formula is C15H18N2O3. The Morgan fingerprint density at radius 1 is 1.30 bits per heavy atom. The number of nitrogens with one attached hydrogen (secondary N) is 2. The van der Waals surface area contributed by atoms with E-state index in [-0.39, 0.29) is 17.6 Å². The molecular weight excluding hydrogens is 256 g/mol. The van der Waals surface area contributed by atoms with Gasteiger partial charge >= 0.3 is 12.0 Å². The summed E-state index contributed by atoms with van der Waals surface area (Å²) < 4.78 is 0. The lowest BCUT2D eigenvalue weighted by molar-refractivity contribution is 0.0697. The Bertz CT molecular complexity index is 552. The largest absolute Gasteiger partial charge is 0.478 e. The van der Waals surface area contributed by atoms with Gasteiger partial charge in [0.2, 0.25) is 0 Å². The highest BCUT2D eigenvalue weighted by Gasteiger charge is 2.14. The molecule has 0 radical (unpaired) electrons. The number of carboxylic acids is 1. The fourth-order valence-electron chi connectivity index (χ4n) is 2.16. The number of rotatable bonds is 3. The third-order valence-corrected chi connectivity index (χ3v) is 3.34. The van der Waals surface area contributed by atoms with Crippen molar-refractivity contribution in [1.29, 1.82) is 0 Å². The maximum absolute atomic E-state index is 11.9. The van der Waals surface area contributed by atoms with Crippen molar-refractivity contribution < 1.29 is 14.7 Å². The molecule has 1 atom stereocenters. The van der Waals surface area contributed by atoms with Gasteiger partial charge in [-0.25, -0.2) is 9.59 Å². The summed E-state index contributed by atoms with van der Waals surface area (Å²) in [5, 5.41) is 14.6. The first-order valence-electron chi connectivity index (χ1n) is 6.62. The molecule has 0 spiro atoms. The van der Waals surface area contributed by atoms with Crippen molar-refractivity contribution >= 4 is 17.7 Å². The molecule has 0 heterocycles. The van der Waals surface area contributed by atoms with Crippen molar-refractivity contribution in [3.8, 4) is 0 Å². The average molecular weight is 274 g/mol. The summed E-state index contributed by atoms with van der Waals surface area (Å²) in [6, 6.07) is 4.52. The highest BCUT2D eigenvalue weighted by atomic mass is 16.4. The van der Waals surface area contributed by atoms with E-state index in [1.807, 2.05) is 6.92 Å². The van der Waals surface area contributed by atoms with E-state index in [0.29, 0.717) is 5.69 Å². The van der Waals surface area contributed by atoms with E-state index in [1.165, 1.54) is 12.1 Å². The minimum absolute atomic E-state index is 0.142. The molecule has 3 N–H and O–H groups in total. The lowest BCUT2D eigenvalue weighted by Gasteiger charge is -2.20. The van der Waals surface area contributed by atoms with Gasteiger partial charge in [0, 0.05) is 11.7 Å². The number of aryl methyl sites for hydroxylation is 1. The first kappa shape index (κ1) is 14.1. The molecule has 5 nitrogen and oxygen atoms in total. The van der Waals surface area contributed by atoms with Gasteiger partial charge in [-0.2, -0.15) is 0 Å². The summed E-state index contributed by atoms with van der Waals surface area (Å²) in [4.78, 5) is 22.9. The highest BCUT2D eigenvalue weighted by Crippen LogP contribution is 2.17. The number of anilines is 1. The van der Waals surface area contributed by atoms with Crippen LogP contribution in [0, 0.1) is 6.92 Å². The van der Waals surface area contributed by atoms with E-state index in [9.17, 15) is 9.59 Å². The minimum Gasteiger partial charge on any atom is -0.478 e. The number of aromatic carboxylic acids is 1. The van der Waals surface area contributed by atoms with Gasteiger partial charge in [0.05, 0.1) is 5.56 Å². The predicted molar refractivity (Wildman–Crippen MR) is 77.1 cm³/mol. The Labute approximate surface area is 117 Å². The molecule has 0 fully saturated rings. The summed E-state index contributed by atoms with van der Waals surface area (Å²) in [6.45, 7) is 1.82. The zero-order chi connectivity index (χ0) is 14.5. The van der Waals surface area contributed by atoms with E-state index >= 15 is 0 Å². The average Bonchev–Trinajstić information content (AvgIpc) is 2.42. The van der Waals surface area contributed by atoms with Gasteiger partial charge in [-0.05, 0) is 43.9 Å². The Kier molecular flexibility index (Phi) is 4.40. The molecule has 1 aliphatic rings. The van der Waals surface area contributed by atoms with Crippen LogP contribution in [0.4, 0.5) is 10.5 Å². The van der Waals surface area contributed by atoms with Crippen LogP contribution < -0.4 is 10.6 Å². The van der Waals surface area contributed by atoms with Gasteiger partial charge in [-0.3, -0.25) is 0 Å². The zero-order valence-corrected chi connectivity index (χ0v) is 11.3. The van der Waals surface area contributed by atoms with Crippen molar-refractivity contribution in [3.63, 3.8) is 0 Å². The SMILES string of the molecule is Cc1ccc(C(=O)O)cc1NC(=O)NC1CC=CCC1. The molecule has 1 aliphatic carbocycles. The van der Waals surface area contributed by atoms with Gasteiger partial charge in [0.1, 0.15) is 0 Å². The molecule has 0 aliphatic heterocycles. The first-order valence-corrected chi connectivity index (χ1v) is 6.62. The molecule has 0 aromatic heterocycles. The number of hydrogen-bond acceptors (Lipinski definition) is 2. The van der Waals surface area contributed by atoms with E-state index in [0.717, 1.165) is 24.8 Å². The quantitative estimate of drug-likeness (QED) is 0.741. The van der Waals surface area contributed by atoms with Crippen molar-refractivity contribution in [2.45, 2.75) is 32.2 Å². The highest BCUT2D eigenvalue weighted by molar-refractivity contribution is 5.94. The minimum atomic E-state index is -1.01. The number of urea groups is 1. The molecule has 2 rings (SSSR count). The van der Waals surface area contributed by atoms with Crippen LogP contribution in [0.25, 0.3) is 0 Å². The third kappa shape index (κ3) is 3.60. The zero-order valence-electron chi connectivity index (χ0n) is 11.3. The van der Waals surface area contributed by atoms with Gasteiger partial charge in [-0.15, -0.1) is 0 Å². The van der Waals surface area contributed by atoms with Crippen LogP contribution in [0.5, 0.6) is 0 Å². The number of hydrogen-bond donors (Lipinski definition) is 3. The second-order valence-corrected chi connectivity index (χ2v) is 4.91. The topological polar surface area (TPSA) is 78.4 Å². The number of amides is 2. The second kappa shape index (κ2) is 6.23. The Morgan fingerprint density at radius 2 is 2.10 bits per heavy atom. The number of carbonyl (C=O) groups excluding carboxylic acids is 1. The first-order chi connectivity index (χ1) is 9.56. The Hall–Kier alpha value is -2.30. The van der Waals surface area contributed by atoms with Crippen molar-refractivity contribution in [1.82, 2.24) is 5.32 Å². The maximum Gasteiger partial charge on any atom is 0.335 e. The van der Waals surface area contributed by atoms with Crippen LogP contribution in [0.3, 0.4) is 0 Å². The molecule has 20 heavy (non-hydrogen) atoms. The maximum atomic E-state index is 11.9. The summed E-state index contributed by atoms with van der Waals surface area (Å²) in [5.41, 5.74) is 1.51. The standard InChI is InChI=1S/C15H18N2O3/c1-10-7-8-11(14(18)19)9-13(10)17-15(20)16-12-5-3-2-4-6-12/h2-3,7-9,12H,4-6H2,1H3,(H,18,19)(H2,16,17,20). The third-order valence-electron chi connectivity index (χ3n) is 3.34. The van der Waals surface area contributed by atoms with Gasteiger partial charge in [0.25, 0.3) is 0 Å². The van der Waals surface area contributed by atoms with E-state index in [2.05, 4.69) is 22.8 Å². The lowest BCUT2D eigenvalue weighted by Crippen LogP contribution is -2.38. The summed E-state index contributed by atoms with van der Waals surface area (Å²) >= 11 is 0. The molecule has 2 amide bonds. The lowest BCUT2D eigenvalue weighted by atomic mass is 10.0. The molecule has 0 saturated heterocycles. The van der Waals surface area contributed by atoms with Crippen molar-refractivity contribution in [3.05, 3.63) is 41.5 Å². The van der Waals surface area contributed by atoms with Gasteiger partial charge in [0.15, 0.2) is 0 Å². The molecule has 1 unspecified atom stereocenters. The van der Waals surface area contributed by atoms with Crippen LogP contribution in [0.2, 0.25) is 0 Å². The van der Waals surface area contributed by atoms with Gasteiger partial charge < -0.3 is 15.7 Å². The molecule has 5 heteroatoms. The monoisotopic (exact) mass is 274 g/mol. The predicted octanol–water partition coefficient (Wildman–Crippen LogP) is 2.92. The Morgan fingerprint density at radius 3 is 2.75 bits per heavy atom. The number of benzene rings is 1. The van der Waals surface area contributed by atoms with E-state index < -0.39 is 5.97 Å². The molecule has 1 aromatic carbocycles. The van der Waals surface area contributed by atoms with Crippen molar-refractivity contribution in [2.24, 2.45) is 0 Å².